The molecular weight excluding hydrogens is 352 g/mol. The number of ether oxygens (including phenoxy) is 1. The number of methoxy groups -OCH3 is 1. The maximum atomic E-state index is 12.6. The van der Waals surface area contributed by atoms with Crippen LogP contribution < -0.4 is 10.1 Å². The Morgan fingerprint density at radius 2 is 1.46 bits per heavy atom. The van der Waals surface area contributed by atoms with Crippen LogP contribution in [0.25, 0.3) is 0 Å². The summed E-state index contributed by atoms with van der Waals surface area (Å²) in [5, 5.41) is 2.92. The van der Waals surface area contributed by atoms with E-state index in [4.69, 9.17) is 4.74 Å². The van der Waals surface area contributed by atoms with E-state index < -0.39 is 0 Å². The second-order valence-electron chi connectivity index (χ2n) is 6.72. The summed E-state index contributed by atoms with van der Waals surface area (Å²) in [6, 6.07) is 14.7. The third-order valence-electron chi connectivity index (χ3n) is 4.53. The Bertz CT molecular complexity index is 748. The molecule has 0 unspecified atom stereocenters. The van der Waals surface area contributed by atoms with Crippen molar-refractivity contribution in [3.63, 3.8) is 0 Å². The van der Waals surface area contributed by atoms with E-state index in [2.05, 4.69) is 19.2 Å². The molecule has 0 fully saturated rings. The molecular formula is C23H30N2O3. The summed E-state index contributed by atoms with van der Waals surface area (Å²) < 4.78 is 5.14. The molecule has 0 saturated carbocycles. The number of rotatable bonds is 10. The normalized spacial score (nSPS) is 10.4. The van der Waals surface area contributed by atoms with Crippen molar-refractivity contribution in [1.29, 1.82) is 0 Å². The maximum absolute atomic E-state index is 12.6. The van der Waals surface area contributed by atoms with Crippen molar-refractivity contribution in [3.8, 4) is 5.75 Å². The highest BCUT2D eigenvalue weighted by atomic mass is 16.5. The van der Waals surface area contributed by atoms with Crippen molar-refractivity contribution in [2.45, 2.75) is 33.1 Å². The summed E-state index contributed by atoms with van der Waals surface area (Å²) >= 11 is 0. The molecule has 0 radical (unpaired) electrons. The topological polar surface area (TPSA) is 58.6 Å². The van der Waals surface area contributed by atoms with Crippen molar-refractivity contribution in [2.24, 2.45) is 0 Å². The fraction of sp³-hybridized carbons (Fsp3) is 0.391. The van der Waals surface area contributed by atoms with Crippen molar-refractivity contribution in [2.75, 3.05) is 26.7 Å². The van der Waals surface area contributed by atoms with Crippen LogP contribution in [0.5, 0.6) is 5.75 Å². The van der Waals surface area contributed by atoms with Crippen LogP contribution in [0.15, 0.2) is 48.5 Å². The molecule has 5 heteroatoms. The van der Waals surface area contributed by atoms with Crippen LogP contribution in [0.4, 0.5) is 0 Å². The number of carbonyl (C=O) groups excluding carboxylic acids is 2. The monoisotopic (exact) mass is 382 g/mol. The molecule has 28 heavy (non-hydrogen) atoms. The van der Waals surface area contributed by atoms with Crippen LogP contribution >= 0.6 is 0 Å². The van der Waals surface area contributed by atoms with Gasteiger partial charge in [0, 0.05) is 30.8 Å². The molecule has 0 spiro atoms. The molecule has 0 aromatic heterocycles. The molecule has 0 aliphatic rings. The lowest BCUT2D eigenvalue weighted by atomic mass is 10.1. The van der Waals surface area contributed by atoms with E-state index in [1.807, 2.05) is 29.2 Å². The zero-order valence-corrected chi connectivity index (χ0v) is 17.0. The largest absolute Gasteiger partial charge is 0.497 e. The molecule has 2 rings (SSSR count). The molecule has 150 valence electrons. The van der Waals surface area contributed by atoms with Gasteiger partial charge in [0.2, 0.25) is 0 Å². The Hall–Kier alpha value is -2.82. The molecule has 5 nitrogen and oxygen atoms in total. The molecule has 1 N–H and O–H groups in total. The minimum Gasteiger partial charge on any atom is -0.497 e. The Kier molecular flexibility index (Phi) is 8.53. The van der Waals surface area contributed by atoms with Crippen molar-refractivity contribution in [1.82, 2.24) is 10.2 Å². The highest BCUT2D eigenvalue weighted by Crippen LogP contribution is 2.12. The van der Waals surface area contributed by atoms with Crippen molar-refractivity contribution >= 4 is 11.8 Å². The molecule has 2 amide bonds. The number of hydrogen-bond acceptors (Lipinski definition) is 3. The van der Waals surface area contributed by atoms with Crippen LogP contribution in [-0.2, 0) is 6.42 Å². The van der Waals surface area contributed by atoms with Crippen LogP contribution in [-0.4, -0.2) is 43.5 Å². The Morgan fingerprint density at radius 1 is 0.893 bits per heavy atom. The number of amides is 2. The minimum absolute atomic E-state index is 0.0233. The van der Waals surface area contributed by atoms with Gasteiger partial charge < -0.3 is 15.0 Å². The maximum Gasteiger partial charge on any atom is 0.253 e. The van der Waals surface area contributed by atoms with Gasteiger partial charge in [-0.2, -0.15) is 0 Å². The lowest BCUT2D eigenvalue weighted by molar-refractivity contribution is 0.0755. The average Bonchev–Trinajstić information content (AvgIpc) is 2.73. The predicted octanol–water partition coefficient (Wildman–Crippen LogP) is 3.93. The molecule has 0 saturated heterocycles. The molecule has 0 heterocycles. The van der Waals surface area contributed by atoms with Gasteiger partial charge in [0.05, 0.1) is 7.11 Å². The number of benzene rings is 2. The van der Waals surface area contributed by atoms with Gasteiger partial charge in [-0.1, -0.05) is 26.0 Å². The van der Waals surface area contributed by atoms with Gasteiger partial charge in [-0.25, -0.2) is 0 Å². The third-order valence-corrected chi connectivity index (χ3v) is 4.53. The third kappa shape index (κ3) is 6.12. The zero-order valence-electron chi connectivity index (χ0n) is 17.0. The highest BCUT2D eigenvalue weighted by molar-refractivity contribution is 5.97. The smallest absolute Gasteiger partial charge is 0.253 e. The Labute approximate surface area is 167 Å². The SMILES string of the molecule is CCCN(CCC)C(=O)c1ccc(C(=O)NCCc2ccc(OC)cc2)cc1. The van der Waals surface area contributed by atoms with E-state index in [1.54, 1.807) is 31.4 Å². The first kappa shape index (κ1) is 21.5. The second-order valence-corrected chi connectivity index (χ2v) is 6.72. The Balaban J connectivity index is 1.89. The second kappa shape index (κ2) is 11.1. The van der Waals surface area contributed by atoms with E-state index in [0.717, 1.165) is 43.7 Å². The molecule has 0 bridgehead atoms. The van der Waals surface area contributed by atoms with Gasteiger partial charge in [0.1, 0.15) is 5.75 Å². The number of carbonyl (C=O) groups is 2. The molecule has 0 aliphatic heterocycles. The zero-order chi connectivity index (χ0) is 20.4. The number of nitrogens with zero attached hydrogens (tertiary/aromatic N) is 1. The number of nitrogens with one attached hydrogen (secondary N) is 1. The predicted molar refractivity (Wildman–Crippen MR) is 112 cm³/mol. The quantitative estimate of drug-likeness (QED) is 0.677. The summed E-state index contributed by atoms with van der Waals surface area (Å²) in [4.78, 5) is 26.8. The van der Waals surface area contributed by atoms with Crippen LogP contribution in [0.1, 0.15) is 53.0 Å². The van der Waals surface area contributed by atoms with Crippen LogP contribution in [0.2, 0.25) is 0 Å². The minimum atomic E-state index is -0.133. The molecule has 0 atom stereocenters. The van der Waals surface area contributed by atoms with E-state index in [0.29, 0.717) is 17.7 Å². The average molecular weight is 383 g/mol. The highest BCUT2D eigenvalue weighted by Gasteiger charge is 2.15. The van der Waals surface area contributed by atoms with Gasteiger partial charge in [-0.15, -0.1) is 0 Å². The summed E-state index contributed by atoms with van der Waals surface area (Å²) in [6.07, 6.45) is 2.61. The van der Waals surface area contributed by atoms with Crippen molar-refractivity contribution < 1.29 is 14.3 Å². The first-order chi connectivity index (χ1) is 13.6. The standard InChI is InChI=1S/C23H30N2O3/c1-4-16-25(17-5-2)23(27)20-10-8-19(9-11-20)22(26)24-15-14-18-6-12-21(28-3)13-7-18/h6-13H,4-5,14-17H2,1-3H3,(H,24,26). The molecule has 0 aliphatic carbocycles. The summed E-state index contributed by atoms with van der Waals surface area (Å²) in [6.45, 7) is 6.18. The van der Waals surface area contributed by atoms with Gasteiger partial charge in [0.25, 0.3) is 11.8 Å². The van der Waals surface area contributed by atoms with E-state index >= 15 is 0 Å². The van der Waals surface area contributed by atoms with E-state index in [9.17, 15) is 9.59 Å². The number of hydrogen-bond donors (Lipinski definition) is 1. The van der Waals surface area contributed by atoms with E-state index in [-0.39, 0.29) is 11.8 Å². The summed E-state index contributed by atoms with van der Waals surface area (Å²) in [7, 11) is 1.64. The Morgan fingerprint density at radius 3 is 2.00 bits per heavy atom. The summed E-state index contributed by atoms with van der Waals surface area (Å²) in [5.74, 6) is 0.709. The fourth-order valence-electron chi connectivity index (χ4n) is 3.02. The van der Waals surface area contributed by atoms with Gasteiger partial charge in [-0.05, 0) is 61.2 Å². The van der Waals surface area contributed by atoms with Gasteiger partial charge in [0.15, 0.2) is 0 Å². The van der Waals surface area contributed by atoms with Gasteiger partial charge >= 0.3 is 0 Å². The van der Waals surface area contributed by atoms with Crippen LogP contribution in [0, 0.1) is 0 Å². The lowest BCUT2D eigenvalue weighted by Crippen LogP contribution is -2.32. The molecule has 2 aromatic carbocycles. The van der Waals surface area contributed by atoms with Gasteiger partial charge in [-0.3, -0.25) is 9.59 Å². The first-order valence-electron chi connectivity index (χ1n) is 9.89. The molecule has 2 aromatic rings. The van der Waals surface area contributed by atoms with Crippen molar-refractivity contribution in [3.05, 3.63) is 65.2 Å². The van der Waals surface area contributed by atoms with E-state index in [1.165, 1.54) is 0 Å². The first-order valence-corrected chi connectivity index (χ1v) is 9.89. The summed E-state index contributed by atoms with van der Waals surface area (Å²) in [5.41, 5.74) is 2.31. The van der Waals surface area contributed by atoms with Crippen LogP contribution in [0.3, 0.4) is 0 Å². The fourth-order valence-corrected chi connectivity index (χ4v) is 3.02. The lowest BCUT2D eigenvalue weighted by Gasteiger charge is -2.21.